The zero-order valence-electron chi connectivity index (χ0n) is 13.4. The van der Waals surface area contributed by atoms with Crippen molar-refractivity contribution < 1.29 is 4.52 Å². The van der Waals surface area contributed by atoms with Crippen molar-refractivity contribution in [1.82, 2.24) is 19.9 Å². The summed E-state index contributed by atoms with van der Waals surface area (Å²) in [5.74, 6) is 0.987. The molecule has 2 N–H and O–H groups in total. The highest BCUT2D eigenvalue weighted by atomic mass is 16.5. The van der Waals surface area contributed by atoms with Crippen molar-refractivity contribution in [3.63, 3.8) is 0 Å². The van der Waals surface area contributed by atoms with E-state index in [2.05, 4.69) is 22.2 Å². The maximum absolute atomic E-state index is 5.92. The van der Waals surface area contributed by atoms with Crippen LogP contribution in [0, 0.1) is 13.8 Å². The summed E-state index contributed by atoms with van der Waals surface area (Å²) in [5, 5.41) is 8.34. The third kappa shape index (κ3) is 2.88. The first kappa shape index (κ1) is 15.0. The number of benzene rings is 1. The van der Waals surface area contributed by atoms with Gasteiger partial charge in [-0.1, -0.05) is 17.3 Å². The minimum atomic E-state index is 0.450. The molecule has 23 heavy (non-hydrogen) atoms. The third-order valence-electron chi connectivity index (χ3n) is 3.90. The molecule has 3 aromatic rings. The highest BCUT2D eigenvalue weighted by molar-refractivity contribution is 5.70. The van der Waals surface area contributed by atoms with Gasteiger partial charge in [0.25, 0.3) is 5.89 Å². The molecule has 0 spiro atoms. The SMILES string of the molecule is CCn1ncc(/C=C/c2nc(-c3cccc(N)c3C)no2)c1C. The smallest absolute Gasteiger partial charge is 0.250 e. The molecule has 3 rings (SSSR count). The van der Waals surface area contributed by atoms with Gasteiger partial charge in [-0.3, -0.25) is 4.68 Å². The van der Waals surface area contributed by atoms with Crippen LogP contribution in [0.5, 0.6) is 0 Å². The lowest BCUT2D eigenvalue weighted by atomic mass is 10.1. The number of anilines is 1. The highest BCUT2D eigenvalue weighted by Gasteiger charge is 2.11. The van der Waals surface area contributed by atoms with Gasteiger partial charge < -0.3 is 10.3 Å². The molecule has 1 aromatic carbocycles. The van der Waals surface area contributed by atoms with Gasteiger partial charge >= 0.3 is 0 Å². The van der Waals surface area contributed by atoms with Crippen LogP contribution in [0.25, 0.3) is 23.5 Å². The Morgan fingerprint density at radius 1 is 1.26 bits per heavy atom. The van der Waals surface area contributed by atoms with E-state index in [1.807, 2.05) is 49.0 Å². The van der Waals surface area contributed by atoms with Gasteiger partial charge in [-0.15, -0.1) is 0 Å². The van der Waals surface area contributed by atoms with Crippen LogP contribution in [0.15, 0.2) is 28.9 Å². The zero-order valence-corrected chi connectivity index (χ0v) is 13.4. The predicted molar refractivity (Wildman–Crippen MR) is 90.4 cm³/mol. The Kier molecular flexibility index (Phi) is 3.97. The van der Waals surface area contributed by atoms with Gasteiger partial charge in [-0.2, -0.15) is 10.1 Å². The van der Waals surface area contributed by atoms with Crippen molar-refractivity contribution in [3.05, 3.63) is 47.1 Å². The minimum Gasteiger partial charge on any atom is -0.398 e. The van der Waals surface area contributed by atoms with Gasteiger partial charge in [0, 0.05) is 35.1 Å². The molecular formula is C17H19N5O. The molecule has 0 saturated carbocycles. The first-order chi connectivity index (χ1) is 11.1. The fourth-order valence-electron chi connectivity index (χ4n) is 2.41. The number of nitrogens with two attached hydrogens (primary N) is 1. The number of nitrogen functional groups attached to an aromatic ring is 1. The molecule has 118 valence electrons. The Morgan fingerprint density at radius 3 is 2.83 bits per heavy atom. The summed E-state index contributed by atoms with van der Waals surface area (Å²) in [6.07, 6.45) is 5.55. The molecule has 0 aliphatic rings. The molecule has 6 heteroatoms. The quantitative estimate of drug-likeness (QED) is 0.747. The molecule has 2 heterocycles. The Bertz CT molecular complexity index is 860. The molecule has 0 aliphatic heterocycles. The number of aryl methyl sites for hydroxylation is 1. The van der Waals surface area contributed by atoms with Crippen molar-refractivity contribution in [2.45, 2.75) is 27.3 Å². The average molecular weight is 309 g/mol. The normalized spacial score (nSPS) is 11.4. The summed E-state index contributed by atoms with van der Waals surface area (Å²) in [6.45, 7) is 6.88. The van der Waals surface area contributed by atoms with Gasteiger partial charge in [0.15, 0.2) is 0 Å². The molecule has 0 saturated heterocycles. The topological polar surface area (TPSA) is 82.8 Å². The van der Waals surface area contributed by atoms with Crippen LogP contribution in [0.2, 0.25) is 0 Å². The Morgan fingerprint density at radius 2 is 2.09 bits per heavy atom. The van der Waals surface area contributed by atoms with Crippen LogP contribution in [-0.4, -0.2) is 19.9 Å². The largest absolute Gasteiger partial charge is 0.398 e. The van der Waals surface area contributed by atoms with Crippen LogP contribution < -0.4 is 5.73 Å². The van der Waals surface area contributed by atoms with Gasteiger partial charge in [-0.25, -0.2) is 0 Å². The van der Waals surface area contributed by atoms with Gasteiger partial charge in [0.1, 0.15) is 0 Å². The van der Waals surface area contributed by atoms with Crippen LogP contribution in [-0.2, 0) is 6.54 Å². The first-order valence-electron chi connectivity index (χ1n) is 7.49. The van der Waals surface area contributed by atoms with E-state index < -0.39 is 0 Å². The maximum Gasteiger partial charge on any atom is 0.250 e. The fraction of sp³-hybridized carbons (Fsp3) is 0.235. The van der Waals surface area contributed by atoms with E-state index in [9.17, 15) is 0 Å². The Hall–Kier alpha value is -2.89. The molecule has 0 fully saturated rings. The lowest BCUT2D eigenvalue weighted by Gasteiger charge is -2.03. The van der Waals surface area contributed by atoms with Crippen molar-refractivity contribution in [3.8, 4) is 11.4 Å². The monoisotopic (exact) mass is 309 g/mol. The van der Waals surface area contributed by atoms with Crippen molar-refractivity contribution >= 4 is 17.8 Å². The molecule has 6 nitrogen and oxygen atoms in total. The second kappa shape index (κ2) is 6.08. The van der Waals surface area contributed by atoms with Gasteiger partial charge in [-0.05, 0) is 38.5 Å². The molecule has 0 radical (unpaired) electrons. The predicted octanol–water partition coefficient (Wildman–Crippen LogP) is 3.32. The van der Waals surface area contributed by atoms with Crippen molar-refractivity contribution in [2.24, 2.45) is 0 Å². The number of rotatable bonds is 4. The van der Waals surface area contributed by atoms with Crippen molar-refractivity contribution in [1.29, 1.82) is 0 Å². The summed E-state index contributed by atoms with van der Waals surface area (Å²) < 4.78 is 7.23. The lowest BCUT2D eigenvalue weighted by Crippen LogP contribution is -1.98. The number of aromatic nitrogens is 4. The Balaban J connectivity index is 1.86. The Labute approximate surface area is 134 Å². The average Bonchev–Trinajstić information content (AvgIpc) is 3.15. The molecule has 0 unspecified atom stereocenters. The van der Waals surface area contributed by atoms with E-state index in [-0.39, 0.29) is 0 Å². The summed E-state index contributed by atoms with van der Waals surface area (Å²) >= 11 is 0. The summed E-state index contributed by atoms with van der Waals surface area (Å²) in [4.78, 5) is 4.41. The van der Waals surface area contributed by atoms with Crippen molar-refractivity contribution in [2.75, 3.05) is 5.73 Å². The second-order valence-corrected chi connectivity index (χ2v) is 5.31. The van der Waals surface area contributed by atoms with Crippen LogP contribution >= 0.6 is 0 Å². The van der Waals surface area contributed by atoms with Gasteiger partial charge in [0.05, 0.1) is 6.20 Å². The number of hydrogen-bond donors (Lipinski definition) is 1. The number of hydrogen-bond acceptors (Lipinski definition) is 5. The standard InChI is InChI=1S/C17H19N5O/c1-4-22-12(3)13(10-19-22)8-9-16-20-17(21-23-16)14-6-5-7-15(18)11(14)2/h5-10H,4,18H2,1-3H3/b9-8+. The lowest BCUT2D eigenvalue weighted by molar-refractivity contribution is 0.411. The molecule has 0 atom stereocenters. The second-order valence-electron chi connectivity index (χ2n) is 5.31. The zero-order chi connectivity index (χ0) is 16.4. The van der Waals surface area contributed by atoms with Crippen LogP contribution in [0.4, 0.5) is 5.69 Å². The van der Waals surface area contributed by atoms with E-state index in [0.29, 0.717) is 17.4 Å². The van der Waals surface area contributed by atoms with E-state index >= 15 is 0 Å². The maximum atomic E-state index is 5.92. The molecule has 0 bridgehead atoms. The van der Waals surface area contributed by atoms with Gasteiger partial charge in [0.2, 0.25) is 5.82 Å². The fourth-order valence-corrected chi connectivity index (χ4v) is 2.41. The highest BCUT2D eigenvalue weighted by Crippen LogP contribution is 2.25. The van der Waals surface area contributed by atoms with Crippen LogP contribution in [0.1, 0.15) is 29.6 Å². The van der Waals surface area contributed by atoms with E-state index in [1.165, 1.54) is 0 Å². The summed E-state index contributed by atoms with van der Waals surface area (Å²) in [6, 6.07) is 5.67. The third-order valence-corrected chi connectivity index (χ3v) is 3.90. The molecular weight excluding hydrogens is 290 g/mol. The number of nitrogens with zero attached hydrogens (tertiary/aromatic N) is 4. The van der Waals surface area contributed by atoms with E-state index in [0.717, 1.165) is 28.9 Å². The van der Waals surface area contributed by atoms with E-state index in [4.69, 9.17) is 10.3 Å². The minimum absolute atomic E-state index is 0.450. The summed E-state index contributed by atoms with van der Waals surface area (Å²) in [7, 11) is 0. The van der Waals surface area contributed by atoms with Crippen LogP contribution in [0.3, 0.4) is 0 Å². The molecule has 0 amide bonds. The summed E-state index contributed by atoms with van der Waals surface area (Å²) in [5.41, 5.74) is 10.6. The first-order valence-corrected chi connectivity index (χ1v) is 7.49. The molecule has 2 aromatic heterocycles. The van der Waals surface area contributed by atoms with E-state index in [1.54, 1.807) is 6.08 Å². The molecule has 0 aliphatic carbocycles.